The van der Waals surface area contributed by atoms with Gasteiger partial charge in [0.1, 0.15) is 16.4 Å². The minimum Gasteiger partial charge on any atom is -0.352 e. The number of nitrogens with two attached hydrogens (primary N) is 1. The van der Waals surface area contributed by atoms with Crippen LogP contribution in [0, 0.1) is 0 Å². The van der Waals surface area contributed by atoms with Gasteiger partial charge < -0.3 is 14.8 Å². The van der Waals surface area contributed by atoms with Crippen molar-refractivity contribution in [1.82, 2.24) is 14.9 Å². The first-order valence-corrected chi connectivity index (χ1v) is 10.1. The molecule has 0 saturated carbocycles. The van der Waals surface area contributed by atoms with E-state index in [2.05, 4.69) is 9.97 Å². The molecule has 3 aromatic rings. The molecule has 0 aliphatic carbocycles. The number of amides is 1. The summed E-state index contributed by atoms with van der Waals surface area (Å²) < 4.78 is 23.6. The summed E-state index contributed by atoms with van der Waals surface area (Å²) in [6.07, 6.45) is 1.53. The zero-order valence-electron chi connectivity index (χ0n) is 14.5. The molecule has 8 nitrogen and oxygen atoms in total. The van der Waals surface area contributed by atoms with Gasteiger partial charge >= 0.3 is 0 Å². The molecular weight excluding hydrogens is 366 g/mol. The number of anilines is 1. The monoisotopic (exact) mass is 385 g/mol. The van der Waals surface area contributed by atoms with E-state index in [-0.39, 0.29) is 10.8 Å². The number of aromatic nitrogens is 2. The lowest BCUT2D eigenvalue weighted by Crippen LogP contribution is -2.49. The summed E-state index contributed by atoms with van der Waals surface area (Å²) >= 11 is 0. The number of piperazine rings is 1. The van der Waals surface area contributed by atoms with Crippen LogP contribution in [0.15, 0.2) is 53.6 Å². The molecule has 1 saturated heterocycles. The molecule has 3 N–H and O–H groups in total. The van der Waals surface area contributed by atoms with Crippen molar-refractivity contribution >= 4 is 32.7 Å². The molecular formula is C18H19N5O3S. The quantitative estimate of drug-likeness (QED) is 0.703. The van der Waals surface area contributed by atoms with Crippen molar-refractivity contribution in [2.45, 2.75) is 4.90 Å². The van der Waals surface area contributed by atoms with E-state index in [4.69, 9.17) is 5.14 Å². The predicted octanol–water partition coefficient (Wildman–Crippen LogP) is 1.17. The SMILES string of the molecule is NS(=O)(=O)c1cccnc1N1CCN(C(=O)c2cc3ccccc3[nH]2)CC1. The highest BCUT2D eigenvalue weighted by atomic mass is 32.2. The first-order valence-electron chi connectivity index (χ1n) is 8.53. The maximum Gasteiger partial charge on any atom is 0.270 e. The van der Waals surface area contributed by atoms with Crippen molar-refractivity contribution in [2.75, 3.05) is 31.1 Å². The zero-order chi connectivity index (χ0) is 19.0. The molecule has 0 bridgehead atoms. The number of H-pyrrole nitrogens is 1. The maximum atomic E-state index is 12.8. The molecule has 1 aliphatic heterocycles. The number of primary sulfonamides is 1. The molecule has 0 atom stereocenters. The van der Waals surface area contributed by atoms with E-state index in [1.165, 1.54) is 12.3 Å². The fraction of sp³-hybridized carbons (Fsp3) is 0.222. The van der Waals surface area contributed by atoms with Gasteiger partial charge in [0.2, 0.25) is 10.0 Å². The second-order valence-corrected chi connectivity index (χ2v) is 7.95. The van der Waals surface area contributed by atoms with Crippen molar-refractivity contribution in [3.05, 3.63) is 54.4 Å². The summed E-state index contributed by atoms with van der Waals surface area (Å²) in [4.78, 5) is 23.7. The molecule has 1 amide bonds. The highest BCUT2D eigenvalue weighted by Gasteiger charge is 2.27. The van der Waals surface area contributed by atoms with Gasteiger partial charge in [0.25, 0.3) is 5.91 Å². The Hall–Kier alpha value is -2.91. The largest absolute Gasteiger partial charge is 0.352 e. The number of fused-ring (bicyclic) bond motifs is 1. The van der Waals surface area contributed by atoms with Crippen LogP contribution >= 0.6 is 0 Å². The number of carbonyl (C=O) groups excluding carboxylic acids is 1. The Balaban J connectivity index is 1.50. The van der Waals surface area contributed by atoms with Gasteiger partial charge in [-0.25, -0.2) is 18.5 Å². The normalized spacial score (nSPS) is 15.3. The molecule has 0 radical (unpaired) electrons. The Morgan fingerprint density at radius 1 is 1.07 bits per heavy atom. The number of hydrogen-bond acceptors (Lipinski definition) is 5. The summed E-state index contributed by atoms with van der Waals surface area (Å²) in [6.45, 7) is 1.89. The van der Waals surface area contributed by atoms with E-state index in [1.807, 2.05) is 35.2 Å². The van der Waals surface area contributed by atoms with Crippen molar-refractivity contribution in [3.63, 3.8) is 0 Å². The topological polar surface area (TPSA) is 112 Å². The second kappa shape index (κ2) is 6.67. The van der Waals surface area contributed by atoms with E-state index < -0.39 is 10.0 Å². The van der Waals surface area contributed by atoms with Gasteiger partial charge in [0.05, 0.1) is 0 Å². The number of hydrogen-bond donors (Lipinski definition) is 2. The molecule has 9 heteroatoms. The van der Waals surface area contributed by atoms with Gasteiger partial charge in [-0.1, -0.05) is 18.2 Å². The molecule has 1 aliphatic rings. The molecule has 0 spiro atoms. The van der Waals surface area contributed by atoms with Crippen LogP contribution in [0.4, 0.5) is 5.82 Å². The molecule has 2 aromatic heterocycles. The van der Waals surface area contributed by atoms with Crippen molar-refractivity contribution < 1.29 is 13.2 Å². The number of para-hydroxylation sites is 1. The molecule has 1 aromatic carbocycles. The van der Waals surface area contributed by atoms with Gasteiger partial charge in [0, 0.05) is 43.3 Å². The van der Waals surface area contributed by atoms with E-state index in [0.717, 1.165) is 10.9 Å². The van der Waals surface area contributed by atoms with Crippen molar-refractivity contribution in [2.24, 2.45) is 5.14 Å². The van der Waals surface area contributed by atoms with Crippen LogP contribution in [-0.2, 0) is 10.0 Å². The number of aromatic amines is 1. The summed E-state index contributed by atoms with van der Waals surface area (Å²) in [5.41, 5.74) is 1.47. The summed E-state index contributed by atoms with van der Waals surface area (Å²) in [5.74, 6) is 0.260. The second-order valence-electron chi connectivity index (χ2n) is 6.42. The van der Waals surface area contributed by atoms with E-state index in [1.54, 1.807) is 11.0 Å². The van der Waals surface area contributed by atoms with E-state index in [0.29, 0.717) is 37.7 Å². The zero-order valence-corrected chi connectivity index (χ0v) is 15.3. The molecule has 140 valence electrons. The van der Waals surface area contributed by atoms with Crippen LogP contribution in [-0.4, -0.2) is 55.4 Å². The molecule has 0 unspecified atom stereocenters. The van der Waals surface area contributed by atoms with Gasteiger partial charge in [-0.2, -0.15) is 0 Å². The maximum absolute atomic E-state index is 12.8. The van der Waals surface area contributed by atoms with Gasteiger partial charge in [0.15, 0.2) is 0 Å². The highest BCUT2D eigenvalue weighted by Crippen LogP contribution is 2.23. The third kappa shape index (κ3) is 3.38. The Morgan fingerprint density at radius 2 is 1.81 bits per heavy atom. The fourth-order valence-electron chi connectivity index (χ4n) is 3.32. The van der Waals surface area contributed by atoms with E-state index in [9.17, 15) is 13.2 Å². The lowest BCUT2D eigenvalue weighted by molar-refractivity contribution is 0.0741. The number of nitrogens with one attached hydrogen (secondary N) is 1. The standard InChI is InChI=1S/C18H19N5O3S/c19-27(25,26)16-6-3-7-20-17(16)22-8-10-23(11-9-22)18(24)15-12-13-4-1-2-5-14(13)21-15/h1-7,12,21H,8-11H2,(H2,19,25,26). The number of carbonyl (C=O) groups is 1. The van der Waals surface area contributed by atoms with Crippen LogP contribution in [0.5, 0.6) is 0 Å². The molecule has 3 heterocycles. The number of rotatable bonds is 3. The van der Waals surface area contributed by atoms with Crippen LogP contribution in [0.25, 0.3) is 10.9 Å². The first kappa shape index (κ1) is 17.5. The van der Waals surface area contributed by atoms with Crippen molar-refractivity contribution in [3.8, 4) is 0 Å². The van der Waals surface area contributed by atoms with Gasteiger partial charge in [-0.05, 0) is 24.3 Å². The molecule has 27 heavy (non-hydrogen) atoms. The molecule has 4 rings (SSSR count). The lowest BCUT2D eigenvalue weighted by atomic mass is 10.2. The van der Waals surface area contributed by atoms with Crippen LogP contribution < -0.4 is 10.0 Å². The average Bonchev–Trinajstić information content (AvgIpc) is 3.11. The third-order valence-electron chi connectivity index (χ3n) is 4.68. The lowest BCUT2D eigenvalue weighted by Gasteiger charge is -2.35. The van der Waals surface area contributed by atoms with Gasteiger partial charge in [-0.15, -0.1) is 0 Å². The summed E-state index contributed by atoms with van der Waals surface area (Å²) in [5, 5.41) is 6.28. The Kier molecular flexibility index (Phi) is 4.33. The molecule has 1 fully saturated rings. The predicted molar refractivity (Wildman–Crippen MR) is 102 cm³/mol. The smallest absolute Gasteiger partial charge is 0.270 e. The highest BCUT2D eigenvalue weighted by molar-refractivity contribution is 7.89. The third-order valence-corrected chi connectivity index (χ3v) is 5.62. The van der Waals surface area contributed by atoms with Crippen molar-refractivity contribution in [1.29, 1.82) is 0 Å². The Morgan fingerprint density at radius 3 is 2.52 bits per heavy atom. The minimum absolute atomic E-state index is 0.000365. The van der Waals surface area contributed by atoms with Crippen LogP contribution in [0.1, 0.15) is 10.5 Å². The Bertz CT molecular complexity index is 1070. The average molecular weight is 385 g/mol. The first-order chi connectivity index (χ1) is 12.9. The minimum atomic E-state index is -3.86. The van der Waals surface area contributed by atoms with E-state index >= 15 is 0 Å². The van der Waals surface area contributed by atoms with Crippen LogP contribution in [0.3, 0.4) is 0 Å². The number of sulfonamides is 1. The van der Waals surface area contributed by atoms with Crippen LogP contribution in [0.2, 0.25) is 0 Å². The van der Waals surface area contributed by atoms with Gasteiger partial charge in [-0.3, -0.25) is 4.79 Å². The Labute approximate surface area is 156 Å². The number of nitrogens with zero attached hydrogens (tertiary/aromatic N) is 3. The number of benzene rings is 1. The number of pyridine rings is 1. The fourth-order valence-corrected chi connectivity index (χ4v) is 4.03. The summed E-state index contributed by atoms with van der Waals surface area (Å²) in [7, 11) is -3.86. The summed E-state index contributed by atoms with van der Waals surface area (Å²) in [6, 6.07) is 12.6.